The normalized spacial score (nSPS) is 14.4. The van der Waals surface area contributed by atoms with Crippen LogP contribution >= 0.6 is 23.1 Å². The van der Waals surface area contributed by atoms with Gasteiger partial charge in [-0.2, -0.15) is 0 Å². The van der Waals surface area contributed by atoms with Crippen LogP contribution in [0.25, 0.3) is 0 Å². The average molecular weight is 365 g/mol. The van der Waals surface area contributed by atoms with Crippen LogP contribution in [-0.2, 0) is 24.2 Å². The Morgan fingerprint density at radius 2 is 2.29 bits per heavy atom. The van der Waals surface area contributed by atoms with Gasteiger partial charge in [0.1, 0.15) is 11.3 Å². The van der Waals surface area contributed by atoms with Gasteiger partial charge in [-0.05, 0) is 38.7 Å². The third kappa shape index (κ3) is 3.18. The molecule has 0 aliphatic heterocycles. The molecular weight excluding hydrogens is 346 g/mol. The van der Waals surface area contributed by atoms with Crippen molar-refractivity contribution < 1.29 is 9.59 Å². The summed E-state index contributed by atoms with van der Waals surface area (Å²) in [6.45, 7) is 4.54. The molecular formula is C15H19N5O2S2. The molecule has 3 N–H and O–H groups in total. The molecule has 3 rings (SSSR count). The largest absolute Gasteiger partial charge is 0.365 e. The summed E-state index contributed by atoms with van der Waals surface area (Å²) in [4.78, 5) is 25.4. The van der Waals surface area contributed by atoms with Crippen LogP contribution in [0.2, 0.25) is 0 Å². The van der Waals surface area contributed by atoms with E-state index < -0.39 is 5.91 Å². The molecule has 0 saturated heterocycles. The molecule has 24 heavy (non-hydrogen) atoms. The maximum atomic E-state index is 12.5. The number of aromatic nitrogens is 3. The van der Waals surface area contributed by atoms with Crippen molar-refractivity contribution in [2.45, 2.75) is 50.1 Å². The van der Waals surface area contributed by atoms with E-state index in [9.17, 15) is 9.59 Å². The number of hydrogen-bond acceptors (Lipinski definition) is 6. The van der Waals surface area contributed by atoms with Gasteiger partial charge in [-0.3, -0.25) is 9.59 Å². The number of amides is 2. The van der Waals surface area contributed by atoms with Gasteiger partial charge in [-0.15, -0.1) is 21.5 Å². The van der Waals surface area contributed by atoms with E-state index in [0.717, 1.165) is 36.2 Å². The number of rotatable bonds is 6. The molecule has 0 saturated carbocycles. The van der Waals surface area contributed by atoms with Crippen LogP contribution in [0.15, 0.2) is 11.5 Å². The molecule has 0 bridgehead atoms. The molecule has 0 unspecified atom stereocenters. The van der Waals surface area contributed by atoms with Gasteiger partial charge in [0.05, 0.1) is 10.8 Å². The van der Waals surface area contributed by atoms with Crippen LogP contribution in [0.5, 0.6) is 0 Å². The Balaban J connectivity index is 1.74. The maximum absolute atomic E-state index is 12.5. The summed E-state index contributed by atoms with van der Waals surface area (Å²) in [7, 11) is 0. The Kier molecular flexibility index (Phi) is 4.91. The minimum Gasteiger partial charge on any atom is -0.365 e. The predicted molar refractivity (Wildman–Crippen MR) is 94.5 cm³/mol. The van der Waals surface area contributed by atoms with E-state index in [1.54, 1.807) is 13.3 Å². The second-order valence-corrected chi connectivity index (χ2v) is 7.99. The quantitative estimate of drug-likeness (QED) is 0.763. The van der Waals surface area contributed by atoms with Crippen molar-refractivity contribution >= 4 is 39.9 Å². The lowest BCUT2D eigenvalue weighted by atomic mass is 10.1. The number of hydrogen-bond donors (Lipinski definition) is 2. The summed E-state index contributed by atoms with van der Waals surface area (Å²) in [6.07, 6.45) is 4.47. The van der Waals surface area contributed by atoms with Gasteiger partial charge in [0.15, 0.2) is 5.16 Å². The Bertz CT molecular complexity index is 783. The molecule has 7 nitrogen and oxygen atoms in total. The van der Waals surface area contributed by atoms with E-state index in [1.807, 2.05) is 11.5 Å². The van der Waals surface area contributed by atoms with E-state index in [4.69, 9.17) is 5.73 Å². The van der Waals surface area contributed by atoms with Gasteiger partial charge in [0.25, 0.3) is 5.91 Å². The summed E-state index contributed by atoms with van der Waals surface area (Å²) in [5.41, 5.74) is 7.01. The molecule has 1 aliphatic carbocycles. The lowest BCUT2D eigenvalue weighted by Gasteiger charge is -2.12. The number of nitrogens with two attached hydrogens (primary N) is 1. The lowest BCUT2D eigenvalue weighted by Crippen LogP contribution is -2.24. The zero-order chi connectivity index (χ0) is 17.3. The second kappa shape index (κ2) is 6.94. The van der Waals surface area contributed by atoms with Crippen molar-refractivity contribution in [2.24, 2.45) is 5.73 Å². The van der Waals surface area contributed by atoms with E-state index >= 15 is 0 Å². The number of nitrogens with one attached hydrogen (secondary N) is 1. The number of thiophene rings is 1. The van der Waals surface area contributed by atoms with Crippen LogP contribution in [0.4, 0.5) is 5.00 Å². The first-order valence-electron chi connectivity index (χ1n) is 7.81. The van der Waals surface area contributed by atoms with Crippen molar-refractivity contribution in [1.29, 1.82) is 0 Å². The molecule has 0 fully saturated rings. The summed E-state index contributed by atoms with van der Waals surface area (Å²) in [6, 6.07) is 0. The van der Waals surface area contributed by atoms with Gasteiger partial charge in [-0.25, -0.2) is 0 Å². The molecule has 0 aromatic carbocycles. The number of thioether (sulfide) groups is 1. The molecule has 2 amide bonds. The first kappa shape index (κ1) is 17.0. The van der Waals surface area contributed by atoms with Crippen molar-refractivity contribution in [3.63, 3.8) is 0 Å². The fraction of sp³-hybridized carbons (Fsp3) is 0.467. The fourth-order valence-electron chi connectivity index (χ4n) is 2.73. The Labute approximate surface area is 148 Å². The molecule has 2 aromatic heterocycles. The zero-order valence-corrected chi connectivity index (χ0v) is 15.2. The molecule has 1 atom stereocenters. The predicted octanol–water partition coefficient (Wildman–Crippen LogP) is 2.07. The molecule has 1 aliphatic rings. The molecule has 128 valence electrons. The first-order chi connectivity index (χ1) is 11.5. The van der Waals surface area contributed by atoms with Crippen LogP contribution < -0.4 is 11.1 Å². The summed E-state index contributed by atoms with van der Waals surface area (Å²) >= 11 is 2.80. The number of primary amides is 1. The number of fused-ring (bicyclic) bond motifs is 1. The number of carbonyl (C=O) groups excluding carboxylic acids is 2. The highest BCUT2D eigenvalue weighted by Gasteiger charge is 2.27. The standard InChI is InChI=1S/C15H19N5O2S2/c1-3-20-7-17-19-15(20)23-8(2)13(22)18-14-11(12(16)21)9-5-4-6-10(9)24-14/h7-8H,3-6H2,1-2H3,(H2,16,21)(H,18,22)/t8-/m0/s1. The van der Waals surface area contributed by atoms with E-state index in [1.165, 1.54) is 23.1 Å². The highest BCUT2D eigenvalue weighted by Crippen LogP contribution is 2.39. The molecule has 2 aromatic rings. The second-order valence-electron chi connectivity index (χ2n) is 5.57. The Morgan fingerprint density at radius 3 is 3.00 bits per heavy atom. The van der Waals surface area contributed by atoms with Crippen molar-refractivity contribution in [3.05, 3.63) is 22.3 Å². The van der Waals surface area contributed by atoms with Crippen LogP contribution in [0, 0.1) is 0 Å². The van der Waals surface area contributed by atoms with Gasteiger partial charge in [-0.1, -0.05) is 11.8 Å². The Morgan fingerprint density at radius 1 is 1.50 bits per heavy atom. The van der Waals surface area contributed by atoms with Crippen LogP contribution in [0.1, 0.15) is 41.1 Å². The van der Waals surface area contributed by atoms with Crippen molar-refractivity contribution in [3.8, 4) is 0 Å². The SMILES string of the molecule is CCn1cnnc1S[C@@H](C)C(=O)Nc1sc2c(c1C(N)=O)CCC2. The molecule has 2 heterocycles. The molecule has 0 radical (unpaired) electrons. The smallest absolute Gasteiger partial charge is 0.251 e. The topological polar surface area (TPSA) is 103 Å². The van der Waals surface area contributed by atoms with Crippen LogP contribution in [-0.4, -0.2) is 31.8 Å². The molecule has 9 heteroatoms. The van der Waals surface area contributed by atoms with Gasteiger partial charge >= 0.3 is 0 Å². The van der Waals surface area contributed by atoms with E-state index in [0.29, 0.717) is 15.7 Å². The lowest BCUT2D eigenvalue weighted by molar-refractivity contribution is -0.115. The van der Waals surface area contributed by atoms with E-state index in [-0.39, 0.29) is 11.2 Å². The number of nitrogens with zero attached hydrogens (tertiary/aromatic N) is 3. The highest BCUT2D eigenvalue weighted by molar-refractivity contribution is 8.00. The number of aryl methyl sites for hydroxylation is 2. The summed E-state index contributed by atoms with van der Waals surface area (Å²) < 4.78 is 1.88. The highest BCUT2D eigenvalue weighted by atomic mass is 32.2. The van der Waals surface area contributed by atoms with Gasteiger partial charge < -0.3 is 15.6 Å². The minimum atomic E-state index is -0.476. The number of anilines is 1. The monoisotopic (exact) mass is 365 g/mol. The summed E-state index contributed by atoms with van der Waals surface area (Å²) in [5.74, 6) is -0.649. The van der Waals surface area contributed by atoms with Crippen LogP contribution in [0.3, 0.4) is 0 Å². The van der Waals surface area contributed by atoms with Gasteiger partial charge in [0.2, 0.25) is 5.91 Å². The van der Waals surface area contributed by atoms with Crippen molar-refractivity contribution in [1.82, 2.24) is 14.8 Å². The maximum Gasteiger partial charge on any atom is 0.251 e. The zero-order valence-electron chi connectivity index (χ0n) is 13.5. The van der Waals surface area contributed by atoms with Crippen molar-refractivity contribution in [2.75, 3.05) is 5.32 Å². The third-order valence-electron chi connectivity index (χ3n) is 3.98. The fourth-order valence-corrected chi connectivity index (χ4v) is 4.92. The third-order valence-corrected chi connectivity index (χ3v) is 6.28. The van der Waals surface area contributed by atoms with Gasteiger partial charge in [0, 0.05) is 11.4 Å². The minimum absolute atomic E-state index is 0.173. The van der Waals surface area contributed by atoms with E-state index in [2.05, 4.69) is 15.5 Å². The first-order valence-corrected chi connectivity index (χ1v) is 9.50. The Hall–Kier alpha value is -1.87. The molecule has 0 spiro atoms. The summed E-state index contributed by atoms with van der Waals surface area (Å²) in [5, 5.41) is 11.7. The number of carbonyl (C=O) groups is 2. The average Bonchev–Trinajstić information content (AvgIpc) is 3.21.